The molecule has 0 radical (unpaired) electrons. The minimum atomic E-state index is 0.107. The second-order valence-corrected chi connectivity index (χ2v) is 8.64. The first-order chi connectivity index (χ1) is 14.2. The number of benzene rings is 2. The van der Waals surface area contributed by atoms with Gasteiger partial charge in [-0.05, 0) is 36.2 Å². The Hall–Kier alpha value is -2.48. The molecule has 2 aromatic carbocycles. The molecule has 2 bridgehead atoms. The molecule has 0 N–H and O–H groups in total. The number of carbonyl (C=O) groups is 1. The zero-order valence-electron chi connectivity index (χ0n) is 16.3. The lowest BCUT2D eigenvalue weighted by Gasteiger charge is -2.34. The van der Waals surface area contributed by atoms with Gasteiger partial charge in [-0.15, -0.1) is 0 Å². The summed E-state index contributed by atoms with van der Waals surface area (Å²) < 4.78 is 12.1. The molecular formula is C22H23N3O3S. The molecule has 1 aromatic heterocycles. The van der Waals surface area contributed by atoms with E-state index in [9.17, 15) is 4.79 Å². The van der Waals surface area contributed by atoms with Gasteiger partial charge in [-0.25, -0.2) is 4.98 Å². The minimum absolute atomic E-state index is 0.107. The number of aromatic nitrogens is 1. The van der Waals surface area contributed by atoms with Crippen LogP contribution < -0.4 is 4.74 Å². The summed E-state index contributed by atoms with van der Waals surface area (Å²) in [6.07, 6.45) is 1.06. The topological polar surface area (TPSA) is 54.9 Å². The lowest BCUT2D eigenvalue weighted by Crippen LogP contribution is -2.49. The predicted octanol–water partition coefficient (Wildman–Crippen LogP) is 3.52. The highest BCUT2D eigenvalue weighted by molar-refractivity contribution is 7.20. The summed E-state index contributed by atoms with van der Waals surface area (Å²) in [5.41, 5.74) is 2.22. The molecule has 2 aliphatic heterocycles. The molecule has 3 aromatic rings. The number of hydrogen-bond acceptors (Lipinski definition) is 6. The Kier molecular flexibility index (Phi) is 4.95. The maximum atomic E-state index is 12.1. The number of ether oxygens (including phenoxy) is 2. The molecule has 0 aliphatic carbocycles. The van der Waals surface area contributed by atoms with Crippen LogP contribution in [0.5, 0.6) is 10.9 Å². The number of amides is 1. The lowest BCUT2D eigenvalue weighted by atomic mass is 10.2. The van der Waals surface area contributed by atoms with E-state index in [4.69, 9.17) is 9.47 Å². The summed E-state index contributed by atoms with van der Waals surface area (Å²) in [4.78, 5) is 21.1. The number of para-hydroxylation sites is 1. The molecule has 7 heteroatoms. The van der Waals surface area contributed by atoms with Gasteiger partial charge in [0.1, 0.15) is 12.4 Å². The van der Waals surface area contributed by atoms with Crippen LogP contribution in [-0.2, 0) is 16.1 Å². The maximum Gasteiger partial charge on any atom is 0.279 e. The second kappa shape index (κ2) is 7.74. The van der Waals surface area contributed by atoms with Crippen LogP contribution in [0.25, 0.3) is 10.2 Å². The van der Waals surface area contributed by atoms with E-state index >= 15 is 0 Å². The van der Waals surface area contributed by atoms with E-state index in [0.717, 1.165) is 42.0 Å². The fourth-order valence-electron chi connectivity index (χ4n) is 4.35. The second-order valence-electron chi connectivity index (χ2n) is 7.65. The van der Waals surface area contributed by atoms with Crippen molar-refractivity contribution in [3.05, 3.63) is 54.1 Å². The van der Waals surface area contributed by atoms with Gasteiger partial charge in [-0.1, -0.05) is 35.6 Å². The summed E-state index contributed by atoms with van der Waals surface area (Å²) in [5, 5.41) is 0.664. The van der Waals surface area contributed by atoms with Crippen molar-refractivity contribution < 1.29 is 14.3 Å². The van der Waals surface area contributed by atoms with E-state index in [1.807, 2.05) is 35.2 Å². The standard InChI is InChI=1S/C22H23N3O3S/c1-27-14-21(26)25-13-16-10-17(25)12-24(16)11-15-6-8-18(9-7-15)28-22-23-19-4-2-3-5-20(19)29-22/h2-9,16-17H,10-14H2,1H3. The van der Waals surface area contributed by atoms with Crippen LogP contribution >= 0.6 is 11.3 Å². The van der Waals surface area contributed by atoms with E-state index < -0.39 is 0 Å². The van der Waals surface area contributed by atoms with Crippen LogP contribution in [0.4, 0.5) is 0 Å². The van der Waals surface area contributed by atoms with Gasteiger partial charge in [0.25, 0.3) is 5.19 Å². The van der Waals surface area contributed by atoms with Gasteiger partial charge in [0.2, 0.25) is 5.91 Å². The smallest absolute Gasteiger partial charge is 0.279 e. The number of carbonyl (C=O) groups excluding carboxylic acids is 1. The normalized spacial score (nSPS) is 21.2. The van der Waals surface area contributed by atoms with E-state index in [2.05, 4.69) is 28.1 Å². The van der Waals surface area contributed by atoms with Gasteiger partial charge in [0.15, 0.2) is 0 Å². The molecule has 6 nitrogen and oxygen atoms in total. The Morgan fingerprint density at radius 1 is 1.14 bits per heavy atom. The highest BCUT2D eigenvalue weighted by atomic mass is 32.1. The maximum absolute atomic E-state index is 12.1. The van der Waals surface area contributed by atoms with Crippen molar-refractivity contribution in [2.75, 3.05) is 26.8 Å². The first-order valence-corrected chi connectivity index (χ1v) is 10.7. The van der Waals surface area contributed by atoms with E-state index in [0.29, 0.717) is 17.3 Å². The highest BCUT2D eigenvalue weighted by Crippen LogP contribution is 2.33. The number of nitrogens with zero attached hydrogens (tertiary/aromatic N) is 3. The van der Waals surface area contributed by atoms with E-state index in [1.165, 1.54) is 5.56 Å². The molecule has 2 saturated heterocycles. The van der Waals surface area contributed by atoms with Crippen molar-refractivity contribution in [3.8, 4) is 10.9 Å². The van der Waals surface area contributed by atoms with Crippen molar-refractivity contribution >= 4 is 27.5 Å². The third kappa shape index (κ3) is 3.73. The summed E-state index contributed by atoms with van der Waals surface area (Å²) in [5.74, 6) is 0.906. The number of methoxy groups -OCH3 is 1. The summed E-state index contributed by atoms with van der Waals surface area (Å²) in [7, 11) is 1.57. The van der Waals surface area contributed by atoms with Crippen LogP contribution in [0.15, 0.2) is 48.5 Å². The SMILES string of the molecule is COCC(=O)N1CC2CC1CN2Cc1ccc(Oc2nc3ccccc3s2)cc1. The molecule has 2 aliphatic rings. The van der Waals surface area contributed by atoms with Gasteiger partial charge in [-0.2, -0.15) is 0 Å². The monoisotopic (exact) mass is 409 g/mol. The minimum Gasteiger partial charge on any atom is -0.431 e. The molecule has 5 rings (SSSR count). The average Bonchev–Trinajstić information content (AvgIpc) is 3.43. The van der Waals surface area contributed by atoms with Crippen molar-refractivity contribution in [3.63, 3.8) is 0 Å². The van der Waals surface area contributed by atoms with Gasteiger partial charge >= 0.3 is 0 Å². The third-order valence-corrected chi connectivity index (χ3v) is 6.64. The molecule has 2 atom stereocenters. The van der Waals surface area contributed by atoms with Crippen molar-refractivity contribution in [2.24, 2.45) is 0 Å². The molecule has 150 valence electrons. The first kappa shape index (κ1) is 18.5. The zero-order valence-corrected chi connectivity index (χ0v) is 17.1. The fraction of sp³-hybridized carbons (Fsp3) is 0.364. The fourth-order valence-corrected chi connectivity index (χ4v) is 5.18. The van der Waals surface area contributed by atoms with Crippen LogP contribution in [0.3, 0.4) is 0 Å². The predicted molar refractivity (Wildman–Crippen MR) is 112 cm³/mol. The van der Waals surface area contributed by atoms with Crippen molar-refractivity contribution in [1.82, 2.24) is 14.8 Å². The van der Waals surface area contributed by atoms with E-state index in [-0.39, 0.29) is 12.5 Å². The summed E-state index contributed by atoms with van der Waals surface area (Å²) in [6.45, 7) is 2.82. The zero-order chi connectivity index (χ0) is 19.8. The highest BCUT2D eigenvalue weighted by Gasteiger charge is 2.44. The molecule has 3 heterocycles. The van der Waals surface area contributed by atoms with E-state index in [1.54, 1.807) is 18.4 Å². The molecule has 0 saturated carbocycles. The Morgan fingerprint density at radius 2 is 1.97 bits per heavy atom. The van der Waals surface area contributed by atoms with Gasteiger partial charge in [-0.3, -0.25) is 9.69 Å². The molecule has 2 fully saturated rings. The number of piperazine rings is 1. The average molecular weight is 410 g/mol. The largest absolute Gasteiger partial charge is 0.431 e. The molecule has 1 amide bonds. The number of hydrogen-bond donors (Lipinski definition) is 0. The van der Waals surface area contributed by atoms with Crippen LogP contribution in [0.1, 0.15) is 12.0 Å². The Balaban J connectivity index is 1.19. The number of fused-ring (bicyclic) bond motifs is 3. The first-order valence-electron chi connectivity index (χ1n) is 9.84. The van der Waals surface area contributed by atoms with Crippen molar-refractivity contribution in [2.45, 2.75) is 25.0 Å². The third-order valence-electron chi connectivity index (χ3n) is 5.73. The van der Waals surface area contributed by atoms with Crippen LogP contribution in [0, 0.1) is 0 Å². The van der Waals surface area contributed by atoms with Crippen molar-refractivity contribution in [1.29, 1.82) is 0 Å². The van der Waals surface area contributed by atoms with Gasteiger partial charge in [0, 0.05) is 38.8 Å². The lowest BCUT2D eigenvalue weighted by molar-refractivity contribution is -0.137. The number of thiazole rings is 1. The quantitative estimate of drug-likeness (QED) is 0.624. The van der Waals surface area contributed by atoms with Crippen LogP contribution in [0.2, 0.25) is 0 Å². The Morgan fingerprint density at radius 3 is 2.69 bits per heavy atom. The summed E-state index contributed by atoms with van der Waals surface area (Å²) >= 11 is 1.55. The number of likely N-dealkylation sites (tertiary alicyclic amines) is 2. The Bertz CT molecular complexity index is 987. The van der Waals surface area contributed by atoms with Gasteiger partial charge < -0.3 is 14.4 Å². The summed E-state index contributed by atoms with van der Waals surface area (Å²) in [6, 6.07) is 17.0. The Labute approximate surface area is 173 Å². The number of rotatable bonds is 6. The molecule has 0 spiro atoms. The van der Waals surface area contributed by atoms with Gasteiger partial charge in [0.05, 0.1) is 10.2 Å². The molecule has 29 heavy (non-hydrogen) atoms. The van der Waals surface area contributed by atoms with Crippen LogP contribution in [-0.4, -0.2) is 59.6 Å². The molecular weight excluding hydrogens is 386 g/mol. The molecule has 2 unspecified atom stereocenters.